The van der Waals surface area contributed by atoms with Gasteiger partial charge in [-0.1, -0.05) is 13.0 Å². The van der Waals surface area contributed by atoms with E-state index in [4.69, 9.17) is 4.74 Å². The fraction of sp³-hybridized carbons (Fsp3) is 0.471. The van der Waals surface area contributed by atoms with Gasteiger partial charge in [0.2, 0.25) is 5.91 Å². The third-order valence-electron chi connectivity index (χ3n) is 4.19. The van der Waals surface area contributed by atoms with Gasteiger partial charge in [0.1, 0.15) is 11.9 Å². The Bertz CT molecular complexity index is 708. The van der Waals surface area contributed by atoms with Crippen LogP contribution in [0.5, 0.6) is 0 Å². The highest BCUT2D eigenvalue weighted by Gasteiger charge is 2.25. The van der Waals surface area contributed by atoms with E-state index in [1.165, 1.54) is 0 Å². The minimum atomic E-state index is -0.193. The number of anilines is 2. The lowest BCUT2D eigenvalue weighted by Gasteiger charge is -2.32. The van der Waals surface area contributed by atoms with Gasteiger partial charge in [-0.05, 0) is 19.1 Å². The molecule has 1 saturated heterocycles. The Labute approximate surface area is 141 Å². The minimum absolute atomic E-state index is 0.154. The number of rotatable bonds is 4. The number of nitrogens with zero attached hydrogens (tertiary/aromatic N) is 4. The highest BCUT2D eigenvalue weighted by atomic mass is 16.5. The van der Waals surface area contributed by atoms with Crippen LogP contribution in [0.2, 0.25) is 0 Å². The molecule has 1 unspecified atom stereocenters. The summed E-state index contributed by atoms with van der Waals surface area (Å²) in [7, 11) is 1.90. The lowest BCUT2D eigenvalue weighted by Crippen LogP contribution is -2.42. The molecule has 0 aliphatic carbocycles. The van der Waals surface area contributed by atoms with Crippen molar-refractivity contribution in [2.45, 2.75) is 26.4 Å². The van der Waals surface area contributed by atoms with Gasteiger partial charge in [-0.3, -0.25) is 9.48 Å². The standard InChI is InChI=1S/C17H23N5O2/c1-4-17(23)22-8-9-24-14(11-22)13-6-5-7-15(18-13)19-16-10-12(2)21(3)20-16/h5-7,10,14H,4,8-9,11H2,1-3H3,(H,18,19,20). The Kier molecular flexibility index (Phi) is 4.80. The molecule has 0 aromatic carbocycles. The van der Waals surface area contributed by atoms with Crippen LogP contribution in [-0.4, -0.2) is 45.3 Å². The first-order chi connectivity index (χ1) is 11.6. The average molecular weight is 329 g/mol. The topological polar surface area (TPSA) is 72.3 Å². The zero-order valence-electron chi connectivity index (χ0n) is 14.3. The molecule has 1 aliphatic heterocycles. The van der Waals surface area contributed by atoms with Crippen molar-refractivity contribution in [1.29, 1.82) is 0 Å². The number of morpholine rings is 1. The highest BCUT2D eigenvalue weighted by Crippen LogP contribution is 2.23. The van der Waals surface area contributed by atoms with Crippen molar-refractivity contribution < 1.29 is 9.53 Å². The molecule has 3 heterocycles. The predicted octanol–water partition coefficient (Wildman–Crippen LogP) is 2.18. The van der Waals surface area contributed by atoms with Gasteiger partial charge in [0.05, 0.1) is 18.8 Å². The van der Waals surface area contributed by atoms with Crippen LogP contribution in [0, 0.1) is 6.92 Å². The second kappa shape index (κ2) is 7.00. The normalized spacial score (nSPS) is 17.8. The first-order valence-electron chi connectivity index (χ1n) is 8.21. The van der Waals surface area contributed by atoms with Crippen LogP contribution in [-0.2, 0) is 16.6 Å². The Balaban J connectivity index is 1.73. The number of aromatic nitrogens is 3. The lowest BCUT2D eigenvalue weighted by molar-refractivity contribution is -0.138. The number of nitrogens with one attached hydrogen (secondary N) is 1. The van der Waals surface area contributed by atoms with Crippen LogP contribution in [0.1, 0.15) is 30.8 Å². The van der Waals surface area contributed by atoms with Gasteiger partial charge in [0.15, 0.2) is 5.82 Å². The van der Waals surface area contributed by atoms with Crippen LogP contribution >= 0.6 is 0 Å². The van der Waals surface area contributed by atoms with Crippen molar-refractivity contribution >= 4 is 17.5 Å². The maximum atomic E-state index is 11.9. The Morgan fingerprint density at radius 3 is 2.96 bits per heavy atom. The molecule has 7 nitrogen and oxygen atoms in total. The van der Waals surface area contributed by atoms with Crippen LogP contribution in [0.25, 0.3) is 0 Å². The van der Waals surface area contributed by atoms with Crippen LogP contribution < -0.4 is 5.32 Å². The van der Waals surface area contributed by atoms with E-state index < -0.39 is 0 Å². The molecule has 3 rings (SSSR count). The summed E-state index contributed by atoms with van der Waals surface area (Å²) in [6.07, 6.45) is 0.322. The summed E-state index contributed by atoms with van der Waals surface area (Å²) < 4.78 is 7.62. The van der Waals surface area contributed by atoms with Crippen LogP contribution in [0.3, 0.4) is 0 Å². The molecule has 2 aromatic heterocycles. The van der Waals surface area contributed by atoms with E-state index in [-0.39, 0.29) is 12.0 Å². The third-order valence-corrected chi connectivity index (χ3v) is 4.19. The number of aryl methyl sites for hydroxylation is 2. The summed E-state index contributed by atoms with van der Waals surface area (Å²) in [6, 6.07) is 7.72. The van der Waals surface area contributed by atoms with E-state index in [9.17, 15) is 4.79 Å². The largest absolute Gasteiger partial charge is 0.368 e. The molecular formula is C17H23N5O2. The molecule has 0 saturated carbocycles. The molecule has 1 atom stereocenters. The Morgan fingerprint density at radius 1 is 1.42 bits per heavy atom. The van der Waals surface area contributed by atoms with Gasteiger partial charge in [0, 0.05) is 31.8 Å². The quantitative estimate of drug-likeness (QED) is 0.931. The van der Waals surface area contributed by atoms with Crippen molar-refractivity contribution in [3.8, 4) is 0 Å². The van der Waals surface area contributed by atoms with Gasteiger partial charge in [0.25, 0.3) is 0 Å². The predicted molar refractivity (Wildman–Crippen MR) is 91.0 cm³/mol. The molecule has 24 heavy (non-hydrogen) atoms. The van der Waals surface area contributed by atoms with Crippen LogP contribution in [0.15, 0.2) is 24.3 Å². The van der Waals surface area contributed by atoms with Gasteiger partial charge in [-0.15, -0.1) is 0 Å². The highest BCUT2D eigenvalue weighted by molar-refractivity contribution is 5.75. The van der Waals surface area contributed by atoms with E-state index in [0.29, 0.717) is 31.9 Å². The van der Waals surface area contributed by atoms with Gasteiger partial charge in [-0.2, -0.15) is 5.10 Å². The molecule has 1 aliphatic rings. The molecule has 128 valence electrons. The summed E-state index contributed by atoms with van der Waals surface area (Å²) in [6.45, 7) is 5.61. The average Bonchev–Trinajstić information content (AvgIpc) is 2.92. The smallest absolute Gasteiger partial charge is 0.222 e. The number of hydrogen-bond donors (Lipinski definition) is 1. The van der Waals surface area contributed by atoms with Gasteiger partial charge >= 0.3 is 0 Å². The molecular weight excluding hydrogens is 306 g/mol. The first kappa shape index (κ1) is 16.4. The zero-order chi connectivity index (χ0) is 17.1. The summed E-state index contributed by atoms with van der Waals surface area (Å²) in [5.74, 6) is 1.63. The van der Waals surface area contributed by atoms with Crippen molar-refractivity contribution in [2.75, 3.05) is 25.0 Å². The summed E-state index contributed by atoms with van der Waals surface area (Å²) in [5, 5.41) is 7.59. The lowest BCUT2D eigenvalue weighted by atomic mass is 10.1. The van der Waals surface area contributed by atoms with Crippen molar-refractivity contribution in [2.24, 2.45) is 7.05 Å². The second-order valence-electron chi connectivity index (χ2n) is 5.92. The van der Waals surface area contributed by atoms with E-state index in [1.54, 1.807) is 0 Å². The Morgan fingerprint density at radius 2 is 2.25 bits per heavy atom. The number of amides is 1. The second-order valence-corrected chi connectivity index (χ2v) is 5.92. The molecule has 7 heteroatoms. The number of hydrogen-bond acceptors (Lipinski definition) is 5. The number of pyridine rings is 1. The van der Waals surface area contributed by atoms with Crippen molar-refractivity contribution in [3.63, 3.8) is 0 Å². The summed E-state index contributed by atoms with van der Waals surface area (Å²) in [4.78, 5) is 18.4. The number of carbonyl (C=O) groups is 1. The van der Waals surface area contributed by atoms with Crippen molar-refractivity contribution in [3.05, 3.63) is 35.7 Å². The third kappa shape index (κ3) is 3.56. The summed E-state index contributed by atoms with van der Waals surface area (Å²) in [5.41, 5.74) is 1.89. The molecule has 1 fully saturated rings. The molecule has 2 aromatic rings. The maximum Gasteiger partial charge on any atom is 0.222 e. The van der Waals surface area contributed by atoms with Crippen LogP contribution in [0.4, 0.5) is 11.6 Å². The molecule has 1 amide bonds. The van der Waals surface area contributed by atoms with E-state index in [2.05, 4.69) is 15.4 Å². The molecule has 0 bridgehead atoms. The number of ether oxygens (including phenoxy) is 1. The SMILES string of the molecule is CCC(=O)N1CCOC(c2cccc(Nc3cc(C)n(C)n3)n2)C1. The monoisotopic (exact) mass is 329 g/mol. The fourth-order valence-electron chi connectivity index (χ4n) is 2.73. The molecule has 0 radical (unpaired) electrons. The maximum absolute atomic E-state index is 11.9. The van der Waals surface area contributed by atoms with Gasteiger partial charge < -0.3 is 15.0 Å². The van der Waals surface area contributed by atoms with Gasteiger partial charge in [-0.25, -0.2) is 4.98 Å². The zero-order valence-corrected chi connectivity index (χ0v) is 14.3. The first-order valence-corrected chi connectivity index (χ1v) is 8.21. The van der Waals surface area contributed by atoms with E-state index in [0.717, 1.165) is 17.2 Å². The van der Waals surface area contributed by atoms with E-state index in [1.807, 2.05) is 54.7 Å². The van der Waals surface area contributed by atoms with Crippen molar-refractivity contribution in [1.82, 2.24) is 19.7 Å². The fourth-order valence-corrected chi connectivity index (χ4v) is 2.73. The molecule has 0 spiro atoms. The number of carbonyl (C=O) groups excluding carboxylic acids is 1. The minimum Gasteiger partial charge on any atom is -0.368 e. The molecule has 1 N–H and O–H groups in total. The summed E-state index contributed by atoms with van der Waals surface area (Å²) >= 11 is 0. The van der Waals surface area contributed by atoms with E-state index >= 15 is 0 Å². The Hall–Kier alpha value is -2.41.